The lowest BCUT2D eigenvalue weighted by Gasteiger charge is -2.13. The van der Waals surface area contributed by atoms with Crippen molar-refractivity contribution in [3.8, 4) is 0 Å². The average molecular weight is 467 g/mol. The van der Waals surface area contributed by atoms with Crippen LogP contribution in [0.2, 0.25) is 10.0 Å². The molecule has 0 bridgehead atoms. The third kappa shape index (κ3) is 4.77. The molecule has 30 heavy (non-hydrogen) atoms. The summed E-state index contributed by atoms with van der Waals surface area (Å²) in [6.45, 7) is 3.72. The molecule has 0 aliphatic rings. The van der Waals surface area contributed by atoms with Crippen LogP contribution in [0.25, 0.3) is 0 Å². The fourth-order valence-electron chi connectivity index (χ4n) is 2.97. The summed E-state index contributed by atoms with van der Waals surface area (Å²) in [7, 11) is -2.21. The number of carbonyl (C=O) groups excluding carboxylic acids is 1. The molecule has 0 unspecified atom stereocenters. The fourth-order valence-corrected chi connectivity index (χ4v) is 4.82. The number of hydrogen-bond acceptors (Lipinski definition) is 4. The van der Waals surface area contributed by atoms with Gasteiger partial charge in [0.25, 0.3) is 10.0 Å². The zero-order valence-electron chi connectivity index (χ0n) is 16.5. The molecule has 7 nitrogen and oxygen atoms in total. The first-order chi connectivity index (χ1) is 14.1. The minimum atomic E-state index is -4.02. The van der Waals surface area contributed by atoms with Gasteiger partial charge in [0.05, 0.1) is 27.8 Å². The van der Waals surface area contributed by atoms with Crippen molar-refractivity contribution in [2.75, 3.05) is 10.0 Å². The molecule has 2 aromatic carbocycles. The molecule has 1 aromatic heterocycles. The van der Waals surface area contributed by atoms with E-state index in [1.807, 2.05) is 20.9 Å². The quantitative estimate of drug-likeness (QED) is 0.565. The van der Waals surface area contributed by atoms with Gasteiger partial charge in [0, 0.05) is 24.0 Å². The maximum absolute atomic E-state index is 12.8. The number of aryl methyl sites for hydroxylation is 2. The van der Waals surface area contributed by atoms with E-state index in [1.54, 1.807) is 22.9 Å². The van der Waals surface area contributed by atoms with Crippen LogP contribution in [0.15, 0.2) is 47.4 Å². The normalized spacial score (nSPS) is 11.4. The van der Waals surface area contributed by atoms with Crippen LogP contribution in [-0.4, -0.2) is 24.1 Å². The molecule has 1 amide bonds. The summed E-state index contributed by atoms with van der Waals surface area (Å²) >= 11 is 12.2. The van der Waals surface area contributed by atoms with Crippen LogP contribution in [0, 0.1) is 13.8 Å². The van der Waals surface area contributed by atoms with E-state index in [4.69, 9.17) is 23.2 Å². The minimum Gasteiger partial charge on any atom is -0.326 e. The first-order valence-electron chi connectivity index (χ1n) is 8.94. The van der Waals surface area contributed by atoms with Crippen LogP contribution in [0.3, 0.4) is 0 Å². The van der Waals surface area contributed by atoms with Crippen molar-refractivity contribution in [3.05, 3.63) is 69.5 Å². The van der Waals surface area contributed by atoms with E-state index >= 15 is 0 Å². The molecular weight excluding hydrogens is 447 g/mol. The average Bonchev–Trinajstić information content (AvgIpc) is 2.91. The van der Waals surface area contributed by atoms with Crippen molar-refractivity contribution in [1.29, 1.82) is 0 Å². The van der Waals surface area contributed by atoms with Gasteiger partial charge >= 0.3 is 0 Å². The van der Waals surface area contributed by atoms with Crippen LogP contribution in [0.5, 0.6) is 0 Å². The molecule has 0 atom stereocenters. The van der Waals surface area contributed by atoms with E-state index < -0.39 is 10.0 Å². The van der Waals surface area contributed by atoms with Crippen molar-refractivity contribution >= 4 is 50.5 Å². The highest BCUT2D eigenvalue weighted by molar-refractivity contribution is 7.92. The molecule has 2 N–H and O–H groups in total. The van der Waals surface area contributed by atoms with E-state index in [1.165, 1.54) is 24.3 Å². The van der Waals surface area contributed by atoms with E-state index in [-0.39, 0.29) is 33.0 Å². The highest BCUT2D eigenvalue weighted by Gasteiger charge is 2.21. The Bertz CT molecular complexity index is 1220. The molecule has 0 saturated carbocycles. The molecule has 0 radical (unpaired) electrons. The van der Waals surface area contributed by atoms with Crippen molar-refractivity contribution in [2.45, 2.75) is 25.2 Å². The Morgan fingerprint density at radius 2 is 1.80 bits per heavy atom. The molecule has 0 saturated heterocycles. The first-order valence-corrected chi connectivity index (χ1v) is 11.2. The second-order valence-corrected chi connectivity index (χ2v) is 9.19. The van der Waals surface area contributed by atoms with Crippen molar-refractivity contribution < 1.29 is 13.2 Å². The van der Waals surface area contributed by atoms with E-state index in [2.05, 4.69) is 15.1 Å². The summed E-state index contributed by atoms with van der Waals surface area (Å²) in [6, 6.07) is 10.7. The molecule has 0 fully saturated rings. The molecule has 0 aliphatic heterocycles. The lowest BCUT2D eigenvalue weighted by atomic mass is 10.1. The Hall–Kier alpha value is -2.55. The zero-order valence-corrected chi connectivity index (χ0v) is 18.9. The Balaban J connectivity index is 1.82. The second kappa shape index (κ2) is 8.67. The Kier molecular flexibility index (Phi) is 6.40. The van der Waals surface area contributed by atoms with Gasteiger partial charge in [-0.1, -0.05) is 35.3 Å². The number of aromatic nitrogens is 2. The smallest absolute Gasteiger partial charge is 0.263 e. The number of halogens is 2. The SMILES string of the molecule is Cc1nn(C)c(C)c1CC(=O)Nc1ccc(Cl)c(S(=O)(=O)Nc2ccccc2Cl)c1. The van der Waals surface area contributed by atoms with Crippen molar-refractivity contribution in [1.82, 2.24) is 9.78 Å². The largest absolute Gasteiger partial charge is 0.326 e. The number of carbonyl (C=O) groups is 1. The van der Waals surface area contributed by atoms with Crippen LogP contribution in [0.1, 0.15) is 17.0 Å². The highest BCUT2D eigenvalue weighted by atomic mass is 35.5. The van der Waals surface area contributed by atoms with Gasteiger partial charge in [0.15, 0.2) is 0 Å². The molecule has 158 valence electrons. The molecule has 3 aromatic rings. The van der Waals surface area contributed by atoms with Gasteiger partial charge in [-0.2, -0.15) is 5.10 Å². The molecule has 0 spiro atoms. The number of hydrogen-bond donors (Lipinski definition) is 2. The monoisotopic (exact) mass is 466 g/mol. The zero-order chi connectivity index (χ0) is 22.1. The maximum Gasteiger partial charge on any atom is 0.263 e. The van der Waals surface area contributed by atoms with E-state index in [0.29, 0.717) is 5.69 Å². The minimum absolute atomic E-state index is 0.0199. The predicted octanol–water partition coefficient (Wildman–Crippen LogP) is 4.33. The number of para-hydroxylation sites is 1. The standard InChI is InChI=1S/C20H20Cl2N4O3S/c1-12-15(13(2)26(3)24-12)11-20(27)23-14-8-9-17(22)19(10-14)30(28,29)25-18-7-5-4-6-16(18)21/h4-10,25H,11H2,1-3H3,(H,23,27). The van der Waals surface area contributed by atoms with Gasteiger partial charge in [-0.25, -0.2) is 8.42 Å². The van der Waals surface area contributed by atoms with Crippen LogP contribution >= 0.6 is 23.2 Å². The second-order valence-electron chi connectivity index (χ2n) is 6.73. The van der Waals surface area contributed by atoms with Gasteiger partial charge < -0.3 is 5.32 Å². The summed E-state index contributed by atoms with van der Waals surface area (Å²) in [4.78, 5) is 12.3. The third-order valence-corrected chi connectivity index (χ3v) is 6.80. The van der Waals surface area contributed by atoms with Crippen molar-refractivity contribution in [3.63, 3.8) is 0 Å². The molecule has 3 rings (SSSR count). The first kappa shape index (κ1) is 22.1. The van der Waals surface area contributed by atoms with Crippen LogP contribution in [-0.2, 0) is 28.3 Å². The number of sulfonamides is 1. The Morgan fingerprint density at radius 1 is 1.10 bits per heavy atom. The fraction of sp³-hybridized carbons (Fsp3) is 0.200. The van der Waals surface area contributed by atoms with Gasteiger partial charge in [-0.15, -0.1) is 0 Å². The third-order valence-electron chi connectivity index (χ3n) is 4.62. The van der Waals surface area contributed by atoms with Crippen LogP contribution in [0.4, 0.5) is 11.4 Å². The number of amides is 1. The summed E-state index contributed by atoms with van der Waals surface area (Å²) in [5, 5.41) is 7.29. The predicted molar refractivity (Wildman–Crippen MR) is 119 cm³/mol. The molecule has 1 heterocycles. The summed E-state index contributed by atoms with van der Waals surface area (Å²) in [6.07, 6.45) is 0.119. The summed E-state index contributed by atoms with van der Waals surface area (Å²) < 4.78 is 29.8. The number of nitrogens with zero attached hydrogens (tertiary/aromatic N) is 2. The Morgan fingerprint density at radius 3 is 2.43 bits per heavy atom. The number of benzene rings is 2. The summed E-state index contributed by atoms with van der Waals surface area (Å²) in [5.74, 6) is -0.293. The lowest BCUT2D eigenvalue weighted by Crippen LogP contribution is -2.17. The van der Waals surface area contributed by atoms with Gasteiger partial charge in [0.1, 0.15) is 4.90 Å². The number of nitrogens with one attached hydrogen (secondary N) is 2. The highest BCUT2D eigenvalue weighted by Crippen LogP contribution is 2.29. The van der Waals surface area contributed by atoms with Gasteiger partial charge in [-0.05, 0) is 44.2 Å². The van der Waals surface area contributed by atoms with E-state index in [9.17, 15) is 13.2 Å². The van der Waals surface area contributed by atoms with Gasteiger partial charge in [-0.3, -0.25) is 14.2 Å². The van der Waals surface area contributed by atoms with Gasteiger partial charge in [0.2, 0.25) is 5.91 Å². The molecular formula is C20H20Cl2N4O3S. The van der Waals surface area contributed by atoms with Crippen molar-refractivity contribution in [2.24, 2.45) is 7.05 Å². The lowest BCUT2D eigenvalue weighted by molar-refractivity contribution is -0.115. The van der Waals surface area contributed by atoms with Crippen LogP contribution < -0.4 is 10.0 Å². The maximum atomic E-state index is 12.8. The van der Waals surface area contributed by atoms with E-state index in [0.717, 1.165) is 17.0 Å². The number of anilines is 2. The topological polar surface area (TPSA) is 93.1 Å². The number of rotatable bonds is 6. The Labute approximate surface area is 185 Å². The molecule has 10 heteroatoms. The summed E-state index contributed by atoms with van der Waals surface area (Å²) in [5.41, 5.74) is 3.03. The molecule has 0 aliphatic carbocycles.